The number of hydrogen-bond acceptors (Lipinski definition) is 5. The molecule has 0 aliphatic rings. The van der Waals surface area contributed by atoms with E-state index in [-0.39, 0.29) is 0 Å². The Morgan fingerprint density at radius 2 is 0.478 bits per heavy atom. The third-order valence-electron chi connectivity index (χ3n) is 17.0. The Labute approximate surface area is 536 Å². The van der Waals surface area contributed by atoms with E-state index in [0.717, 1.165) is 106 Å². The first-order valence-electron chi connectivity index (χ1n) is 31.0. The summed E-state index contributed by atoms with van der Waals surface area (Å²) in [6, 6.07) is 119. The molecule has 0 radical (unpaired) electrons. The Morgan fingerprint density at radius 1 is 0.163 bits per heavy atom. The SMILES string of the molecule is c1ccc(-c2ccc(-c3ccc4nc(-c5ccc(-c6ccccc6)cc5)cc(-c5ccc(-c6ccccn6)nc5)c4c3)cc2)cc1.c1ccc(-c2ccc(-c3ccc4nc(-c5ccc(-c6ccccc6)cc5)cc(-c5cccc(-c6ccccn6)c5)c4c3)cc2)cc1. The molecule has 0 amide bonds. The average Bonchev–Trinajstić information content (AvgIpc) is 0.915. The summed E-state index contributed by atoms with van der Waals surface area (Å²) >= 11 is 0. The highest BCUT2D eigenvalue weighted by Crippen LogP contribution is 2.39. The molecule has 92 heavy (non-hydrogen) atoms. The van der Waals surface area contributed by atoms with E-state index in [1.54, 1.807) is 6.20 Å². The first kappa shape index (κ1) is 56.2. The molecule has 16 rings (SSSR count). The Balaban J connectivity index is 0.000000153. The van der Waals surface area contributed by atoms with Crippen molar-refractivity contribution in [3.05, 3.63) is 358 Å². The molecule has 0 atom stereocenters. The summed E-state index contributed by atoms with van der Waals surface area (Å²) in [7, 11) is 0. The van der Waals surface area contributed by atoms with Crippen LogP contribution in [0, 0.1) is 0 Å². The van der Waals surface area contributed by atoms with Crippen molar-refractivity contribution < 1.29 is 0 Å². The summed E-state index contributed by atoms with van der Waals surface area (Å²) in [5.74, 6) is 0. The summed E-state index contributed by atoms with van der Waals surface area (Å²) in [6.07, 6.45) is 5.59. The molecule has 0 N–H and O–H groups in total. The van der Waals surface area contributed by atoms with E-state index in [2.05, 4.69) is 295 Å². The van der Waals surface area contributed by atoms with Gasteiger partial charge in [-0.3, -0.25) is 15.0 Å². The van der Waals surface area contributed by atoms with Crippen LogP contribution >= 0.6 is 0 Å². The number of pyridine rings is 5. The van der Waals surface area contributed by atoms with E-state index in [1.165, 1.54) is 50.1 Å². The lowest BCUT2D eigenvalue weighted by molar-refractivity contribution is 1.25. The van der Waals surface area contributed by atoms with Gasteiger partial charge in [-0.15, -0.1) is 0 Å². The molecule has 16 aromatic rings. The van der Waals surface area contributed by atoms with E-state index in [4.69, 9.17) is 15.0 Å². The molecule has 0 aliphatic carbocycles. The second-order valence-corrected chi connectivity index (χ2v) is 22.8. The molecule has 5 aromatic heterocycles. The molecule has 0 unspecified atom stereocenters. The van der Waals surface area contributed by atoms with Crippen LogP contribution in [0.4, 0.5) is 0 Å². The number of hydrogen-bond donors (Lipinski definition) is 0. The second-order valence-electron chi connectivity index (χ2n) is 22.8. The fourth-order valence-corrected chi connectivity index (χ4v) is 12.1. The molecule has 5 nitrogen and oxygen atoms in total. The number of nitrogens with zero attached hydrogens (tertiary/aromatic N) is 5. The van der Waals surface area contributed by atoms with Gasteiger partial charge in [-0.05, 0) is 156 Å². The average molecular weight is 1170 g/mol. The van der Waals surface area contributed by atoms with Crippen LogP contribution in [0.3, 0.4) is 0 Å². The molecule has 432 valence electrons. The highest BCUT2D eigenvalue weighted by molar-refractivity contribution is 6.01. The van der Waals surface area contributed by atoms with Crippen molar-refractivity contribution in [1.82, 2.24) is 24.9 Å². The van der Waals surface area contributed by atoms with Gasteiger partial charge in [0.15, 0.2) is 0 Å². The maximum Gasteiger partial charge on any atom is 0.0886 e. The van der Waals surface area contributed by atoms with Crippen LogP contribution in [0.15, 0.2) is 358 Å². The smallest absolute Gasteiger partial charge is 0.0886 e. The van der Waals surface area contributed by atoms with Crippen molar-refractivity contribution in [2.75, 3.05) is 0 Å². The van der Waals surface area contributed by atoms with Gasteiger partial charge in [0.1, 0.15) is 0 Å². The van der Waals surface area contributed by atoms with Gasteiger partial charge in [0.05, 0.1) is 39.5 Å². The molecule has 5 heterocycles. The molecule has 0 saturated carbocycles. The van der Waals surface area contributed by atoms with Gasteiger partial charge in [-0.25, -0.2) is 9.97 Å². The number of benzene rings is 11. The van der Waals surface area contributed by atoms with Gasteiger partial charge in [0.25, 0.3) is 0 Å². The van der Waals surface area contributed by atoms with Crippen molar-refractivity contribution in [1.29, 1.82) is 0 Å². The lowest BCUT2D eigenvalue weighted by Crippen LogP contribution is -1.93. The summed E-state index contributed by atoms with van der Waals surface area (Å²) < 4.78 is 0. The van der Waals surface area contributed by atoms with Crippen molar-refractivity contribution in [2.24, 2.45) is 0 Å². The number of aromatic nitrogens is 5. The summed E-state index contributed by atoms with van der Waals surface area (Å²) in [5, 5.41) is 2.20. The van der Waals surface area contributed by atoms with E-state index < -0.39 is 0 Å². The van der Waals surface area contributed by atoms with E-state index in [1.807, 2.05) is 67.0 Å². The first-order chi connectivity index (χ1) is 45.6. The van der Waals surface area contributed by atoms with Crippen molar-refractivity contribution in [2.45, 2.75) is 0 Å². The van der Waals surface area contributed by atoms with Gasteiger partial charge in [-0.2, -0.15) is 0 Å². The monoisotopic (exact) mass is 1170 g/mol. The fraction of sp³-hybridized carbons (Fsp3) is 0. The highest BCUT2D eigenvalue weighted by Gasteiger charge is 2.16. The minimum Gasteiger partial charge on any atom is -0.256 e. The van der Waals surface area contributed by atoms with Crippen LogP contribution in [-0.4, -0.2) is 24.9 Å². The summed E-state index contributed by atoms with van der Waals surface area (Å²) in [5.41, 5.74) is 28.4. The third kappa shape index (κ3) is 12.2. The number of fused-ring (bicyclic) bond motifs is 2. The van der Waals surface area contributed by atoms with E-state index in [9.17, 15) is 0 Å². The molecule has 0 aliphatic heterocycles. The summed E-state index contributed by atoms with van der Waals surface area (Å²) in [6.45, 7) is 0. The topological polar surface area (TPSA) is 64.5 Å². The summed E-state index contributed by atoms with van der Waals surface area (Å²) in [4.78, 5) is 24.3. The second kappa shape index (κ2) is 25.8. The third-order valence-corrected chi connectivity index (χ3v) is 17.0. The zero-order valence-electron chi connectivity index (χ0n) is 50.3. The molecule has 0 fully saturated rings. The Bertz CT molecular complexity index is 5170. The van der Waals surface area contributed by atoms with Gasteiger partial charge in [0, 0.05) is 51.6 Å². The normalized spacial score (nSPS) is 11.0. The van der Waals surface area contributed by atoms with Crippen molar-refractivity contribution >= 4 is 21.8 Å². The van der Waals surface area contributed by atoms with Crippen LogP contribution in [0.1, 0.15) is 0 Å². The van der Waals surface area contributed by atoms with Gasteiger partial charge in [-0.1, -0.05) is 267 Å². The van der Waals surface area contributed by atoms with Crippen molar-refractivity contribution in [3.8, 4) is 134 Å². The Hall–Kier alpha value is -12.3. The van der Waals surface area contributed by atoms with Crippen LogP contribution < -0.4 is 0 Å². The largest absolute Gasteiger partial charge is 0.256 e. The maximum absolute atomic E-state index is 5.19. The minimum atomic E-state index is 0.846. The molecule has 0 bridgehead atoms. The van der Waals surface area contributed by atoms with Gasteiger partial charge in [0.2, 0.25) is 0 Å². The standard InChI is InChI=1S/C44H30N2.C43H29N3/c1-3-10-31(11-4-1)33-17-19-35(20-18-33)37-25-26-43-41(29-37)40(38-14-9-15-39(28-38)42-16-7-8-27-45-42)30-44(46-43)36-23-21-34(22-24-36)32-12-5-2-6-13-32;1-3-9-30(10-4-1)32-14-16-34(17-15-32)36-22-24-40-39(27-36)38(37-23-25-42(45-29-37)41-13-7-8-26-44-41)28-43(46-40)35-20-18-33(19-21-35)31-11-5-2-6-12-31/h1-30H;1-29H. The molecule has 11 aromatic carbocycles. The quantitative estimate of drug-likeness (QED) is 0.122. The zero-order valence-corrected chi connectivity index (χ0v) is 50.3. The van der Waals surface area contributed by atoms with E-state index >= 15 is 0 Å². The molecule has 5 heteroatoms. The number of rotatable bonds is 12. The lowest BCUT2D eigenvalue weighted by Gasteiger charge is -2.14. The Morgan fingerprint density at radius 3 is 0.870 bits per heavy atom. The zero-order chi connectivity index (χ0) is 61.4. The van der Waals surface area contributed by atoms with Crippen LogP contribution in [-0.2, 0) is 0 Å². The predicted molar refractivity (Wildman–Crippen MR) is 382 cm³/mol. The van der Waals surface area contributed by atoms with Crippen molar-refractivity contribution in [3.63, 3.8) is 0 Å². The fourth-order valence-electron chi connectivity index (χ4n) is 12.1. The van der Waals surface area contributed by atoms with Crippen LogP contribution in [0.5, 0.6) is 0 Å². The van der Waals surface area contributed by atoms with Gasteiger partial charge >= 0.3 is 0 Å². The first-order valence-corrected chi connectivity index (χ1v) is 31.0. The highest BCUT2D eigenvalue weighted by atomic mass is 14.8. The van der Waals surface area contributed by atoms with Crippen LogP contribution in [0.2, 0.25) is 0 Å². The minimum absolute atomic E-state index is 0.846. The molecular weight excluding hydrogens is 1110 g/mol. The van der Waals surface area contributed by atoms with Crippen LogP contribution in [0.25, 0.3) is 156 Å². The maximum atomic E-state index is 5.19. The molecule has 0 spiro atoms. The molecule has 0 saturated heterocycles. The Kier molecular flexibility index (Phi) is 15.8. The lowest BCUT2D eigenvalue weighted by atomic mass is 9.93. The molecular formula is C87H59N5. The van der Waals surface area contributed by atoms with Gasteiger partial charge < -0.3 is 0 Å². The predicted octanol–water partition coefficient (Wildman–Crippen LogP) is 22.7. The van der Waals surface area contributed by atoms with E-state index in [0.29, 0.717) is 0 Å².